The molecule has 3 nitrogen and oxygen atoms in total. The summed E-state index contributed by atoms with van der Waals surface area (Å²) < 4.78 is 6.19. The second kappa shape index (κ2) is 9.23. The van der Waals surface area contributed by atoms with E-state index in [1.54, 1.807) is 0 Å². The quantitative estimate of drug-likeness (QED) is 0.334. The lowest BCUT2D eigenvalue weighted by Gasteiger charge is -2.38. The fourth-order valence-electron chi connectivity index (χ4n) is 2.49. The molecule has 0 aliphatic carbocycles. The highest BCUT2D eigenvalue weighted by molar-refractivity contribution is 5.81. The van der Waals surface area contributed by atoms with Gasteiger partial charge < -0.3 is 9.22 Å². The second-order valence-corrected chi connectivity index (χ2v) is 4.61. The van der Waals surface area contributed by atoms with Gasteiger partial charge in [-0.05, 0) is 19.3 Å². The summed E-state index contributed by atoms with van der Waals surface area (Å²) in [6, 6.07) is 0. The molecule has 0 saturated carbocycles. The van der Waals surface area contributed by atoms with Crippen LogP contribution in [0, 0.1) is 0 Å². The maximum atomic E-state index is 11.0. The van der Waals surface area contributed by atoms with Crippen molar-refractivity contribution in [3.63, 3.8) is 0 Å². The molecule has 0 amide bonds. The zero-order chi connectivity index (χ0) is 13.1. The molecule has 0 radical (unpaired) electrons. The molecule has 0 aliphatic rings. The van der Waals surface area contributed by atoms with Gasteiger partial charge in [0, 0.05) is 6.08 Å². The fraction of sp³-hybridized carbons (Fsp3) is 0.786. The highest BCUT2D eigenvalue weighted by Gasteiger charge is 2.24. The predicted octanol–water partition coefficient (Wildman–Crippen LogP) is 2.76. The van der Waals surface area contributed by atoms with Gasteiger partial charge in [-0.3, -0.25) is 0 Å². The molecular formula is C14H28NO2+. The van der Waals surface area contributed by atoms with E-state index in [0.29, 0.717) is 6.61 Å². The number of carbonyl (C=O) groups excluding carboxylic acids is 1. The molecule has 0 heterocycles. The zero-order valence-corrected chi connectivity index (χ0v) is 11.7. The highest BCUT2D eigenvalue weighted by atomic mass is 16.5. The SMILES string of the molecule is C=CC(=O)OCC[N+](CCC)(CCC)CCC. The smallest absolute Gasteiger partial charge is 0.330 e. The van der Waals surface area contributed by atoms with Crippen LogP contribution in [-0.4, -0.2) is 43.2 Å². The van der Waals surface area contributed by atoms with Crippen molar-refractivity contribution >= 4 is 5.97 Å². The van der Waals surface area contributed by atoms with Crippen LogP contribution in [-0.2, 0) is 9.53 Å². The van der Waals surface area contributed by atoms with Gasteiger partial charge in [0.1, 0.15) is 13.2 Å². The molecule has 3 heteroatoms. The van der Waals surface area contributed by atoms with Gasteiger partial charge in [-0.1, -0.05) is 27.4 Å². The minimum atomic E-state index is -0.312. The van der Waals surface area contributed by atoms with Crippen molar-refractivity contribution < 1.29 is 14.0 Å². The topological polar surface area (TPSA) is 26.3 Å². The number of rotatable bonds is 10. The Morgan fingerprint density at radius 2 is 1.53 bits per heavy atom. The van der Waals surface area contributed by atoms with Crippen LogP contribution in [0.2, 0.25) is 0 Å². The van der Waals surface area contributed by atoms with Crippen LogP contribution in [0.3, 0.4) is 0 Å². The average Bonchev–Trinajstić information content (AvgIpc) is 2.30. The summed E-state index contributed by atoms with van der Waals surface area (Å²) in [6.07, 6.45) is 4.76. The molecule has 100 valence electrons. The van der Waals surface area contributed by atoms with E-state index in [1.165, 1.54) is 45.0 Å². The Hall–Kier alpha value is -0.830. The standard InChI is InChI=1S/C14H28NO2/c1-5-9-15(10-6-2,11-7-3)12-13-17-14(16)8-4/h8H,4-7,9-13H2,1-3H3/q+1. The largest absolute Gasteiger partial charge is 0.457 e. The third-order valence-corrected chi connectivity index (χ3v) is 3.07. The Morgan fingerprint density at radius 3 is 1.88 bits per heavy atom. The van der Waals surface area contributed by atoms with Crippen molar-refractivity contribution in [2.75, 3.05) is 32.8 Å². The zero-order valence-electron chi connectivity index (χ0n) is 11.7. The number of esters is 1. The number of hydrogen-bond donors (Lipinski definition) is 0. The van der Waals surface area contributed by atoms with Gasteiger partial charge >= 0.3 is 5.97 Å². The lowest BCUT2D eigenvalue weighted by atomic mass is 10.2. The van der Waals surface area contributed by atoms with Gasteiger partial charge in [0.2, 0.25) is 0 Å². The molecule has 0 saturated heterocycles. The van der Waals surface area contributed by atoms with Crippen molar-refractivity contribution in [3.05, 3.63) is 12.7 Å². The van der Waals surface area contributed by atoms with Crippen LogP contribution in [0.5, 0.6) is 0 Å². The maximum Gasteiger partial charge on any atom is 0.330 e. The maximum absolute atomic E-state index is 11.0. The lowest BCUT2D eigenvalue weighted by Crippen LogP contribution is -2.51. The van der Waals surface area contributed by atoms with Crippen LogP contribution < -0.4 is 0 Å². The number of quaternary nitrogens is 1. The van der Waals surface area contributed by atoms with Crippen LogP contribution in [0.4, 0.5) is 0 Å². The molecule has 0 N–H and O–H groups in total. The van der Waals surface area contributed by atoms with Crippen LogP contribution in [0.15, 0.2) is 12.7 Å². The van der Waals surface area contributed by atoms with E-state index in [1.807, 2.05) is 0 Å². The summed E-state index contributed by atoms with van der Waals surface area (Å²) >= 11 is 0. The molecule has 0 fully saturated rings. The molecule has 0 aromatic heterocycles. The van der Waals surface area contributed by atoms with E-state index in [9.17, 15) is 4.79 Å². The van der Waals surface area contributed by atoms with E-state index < -0.39 is 0 Å². The molecule has 0 unspecified atom stereocenters. The summed E-state index contributed by atoms with van der Waals surface area (Å²) in [5.41, 5.74) is 0. The first kappa shape index (κ1) is 16.2. The first-order valence-electron chi connectivity index (χ1n) is 6.78. The summed E-state index contributed by atoms with van der Waals surface area (Å²) in [4.78, 5) is 11.0. The molecule has 0 aromatic rings. The summed E-state index contributed by atoms with van der Waals surface area (Å²) in [7, 11) is 0. The van der Waals surface area contributed by atoms with E-state index in [0.717, 1.165) is 11.0 Å². The molecule has 0 aromatic carbocycles. The van der Waals surface area contributed by atoms with E-state index in [-0.39, 0.29) is 5.97 Å². The highest BCUT2D eigenvalue weighted by Crippen LogP contribution is 2.11. The van der Waals surface area contributed by atoms with Crippen LogP contribution >= 0.6 is 0 Å². The number of ether oxygens (including phenoxy) is 1. The molecule has 17 heavy (non-hydrogen) atoms. The van der Waals surface area contributed by atoms with Gasteiger partial charge in [0.25, 0.3) is 0 Å². The van der Waals surface area contributed by atoms with Crippen LogP contribution in [0.25, 0.3) is 0 Å². The number of carbonyl (C=O) groups is 1. The van der Waals surface area contributed by atoms with Gasteiger partial charge in [-0.2, -0.15) is 0 Å². The van der Waals surface area contributed by atoms with E-state index in [2.05, 4.69) is 27.4 Å². The Bertz CT molecular complexity index is 209. The molecular weight excluding hydrogens is 214 g/mol. The van der Waals surface area contributed by atoms with Gasteiger partial charge in [-0.25, -0.2) is 4.79 Å². The van der Waals surface area contributed by atoms with Gasteiger partial charge in [0.15, 0.2) is 0 Å². The minimum Gasteiger partial charge on any atom is -0.457 e. The molecule has 0 bridgehead atoms. The average molecular weight is 242 g/mol. The van der Waals surface area contributed by atoms with E-state index in [4.69, 9.17) is 4.74 Å². The number of nitrogens with zero attached hydrogens (tertiary/aromatic N) is 1. The molecule has 0 aliphatic heterocycles. The predicted molar refractivity (Wildman–Crippen MR) is 71.8 cm³/mol. The molecule has 0 atom stereocenters. The van der Waals surface area contributed by atoms with Gasteiger partial charge in [-0.15, -0.1) is 0 Å². The third-order valence-electron chi connectivity index (χ3n) is 3.07. The van der Waals surface area contributed by atoms with Crippen molar-refractivity contribution in [3.8, 4) is 0 Å². The monoisotopic (exact) mass is 242 g/mol. The Labute approximate surface area is 106 Å². The summed E-state index contributed by atoms with van der Waals surface area (Å²) in [6.45, 7) is 15.0. The Kier molecular flexibility index (Phi) is 8.78. The minimum absolute atomic E-state index is 0.312. The van der Waals surface area contributed by atoms with Crippen molar-refractivity contribution in [2.45, 2.75) is 40.0 Å². The first-order valence-corrected chi connectivity index (χ1v) is 6.78. The van der Waals surface area contributed by atoms with Crippen molar-refractivity contribution in [1.29, 1.82) is 0 Å². The van der Waals surface area contributed by atoms with E-state index >= 15 is 0 Å². The Morgan fingerprint density at radius 1 is 1.06 bits per heavy atom. The van der Waals surface area contributed by atoms with Crippen molar-refractivity contribution in [2.24, 2.45) is 0 Å². The second-order valence-electron chi connectivity index (χ2n) is 4.61. The summed E-state index contributed by atoms with van der Waals surface area (Å²) in [5, 5.41) is 0. The summed E-state index contributed by atoms with van der Waals surface area (Å²) in [5.74, 6) is -0.312. The fourth-order valence-corrected chi connectivity index (χ4v) is 2.49. The Balaban J connectivity index is 4.32. The van der Waals surface area contributed by atoms with Gasteiger partial charge in [0.05, 0.1) is 19.6 Å². The van der Waals surface area contributed by atoms with Crippen molar-refractivity contribution in [1.82, 2.24) is 0 Å². The molecule has 0 spiro atoms. The lowest BCUT2D eigenvalue weighted by molar-refractivity contribution is -0.928. The molecule has 0 rings (SSSR count). The normalized spacial score (nSPS) is 11.2. The first-order chi connectivity index (χ1) is 8.14. The third kappa shape index (κ3) is 6.47. The number of hydrogen-bond acceptors (Lipinski definition) is 2. The van der Waals surface area contributed by atoms with Crippen LogP contribution in [0.1, 0.15) is 40.0 Å².